The van der Waals surface area contributed by atoms with Crippen LogP contribution in [0, 0.1) is 6.92 Å². The zero-order valence-electron chi connectivity index (χ0n) is 12.1. The number of hydrogen-bond donors (Lipinski definition) is 2. The number of rotatable bonds is 2. The molecule has 0 atom stereocenters. The van der Waals surface area contributed by atoms with E-state index in [9.17, 15) is 0 Å². The number of aromatic nitrogens is 2. The van der Waals surface area contributed by atoms with Crippen LogP contribution in [0.1, 0.15) is 5.56 Å². The molecule has 0 unspecified atom stereocenters. The van der Waals surface area contributed by atoms with E-state index in [-0.39, 0.29) is 24.8 Å². The number of nitrogens with zero attached hydrogens (tertiary/aromatic N) is 2. The predicted octanol–water partition coefficient (Wildman–Crippen LogP) is 3.86. The van der Waals surface area contributed by atoms with Crippen molar-refractivity contribution in [3.05, 3.63) is 60.2 Å². The van der Waals surface area contributed by atoms with Crippen LogP contribution in [0.5, 0.6) is 0 Å². The summed E-state index contributed by atoms with van der Waals surface area (Å²) in [6.45, 7) is 2.05. The highest BCUT2D eigenvalue weighted by Crippen LogP contribution is 2.23. The van der Waals surface area contributed by atoms with Crippen molar-refractivity contribution < 1.29 is 0 Å². The quantitative estimate of drug-likeness (QED) is 0.698. The Labute approximate surface area is 142 Å². The molecule has 0 saturated heterocycles. The van der Waals surface area contributed by atoms with Gasteiger partial charge in [0.2, 0.25) is 0 Å². The lowest BCUT2D eigenvalue weighted by Gasteiger charge is -2.04. The third kappa shape index (κ3) is 3.53. The van der Waals surface area contributed by atoms with E-state index in [1.807, 2.05) is 54.6 Å². The molecule has 0 fully saturated rings. The van der Waals surface area contributed by atoms with Crippen molar-refractivity contribution in [2.24, 2.45) is 0 Å². The summed E-state index contributed by atoms with van der Waals surface area (Å²) < 4.78 is 1.74. The number of benzene rings is 2. The molecule has 0 radical (unpaired) electrons. The maximum Gasteiger partial charge on any atom is 0.127 e. The third-order valence-corrected chi connectivity index (χ3v) is 3.22. The third-order valence-electron chi connectivity index (χ3n) is 3.22. The van der Waals surface area contributed by atoms with E-state index in [1.165, 1.54) is 5.56 Å². The Hall–Kier alpha value is -2.17. The average molecular weight is 337 g/mol. The molecule has 0 aliphatic heterocycles. The predicted molar refractivity (Wildman–Crippen MR) is 97.1 cm³/mol. The lowest BCUT2D eigenvalue weighted by molar-refractivity contribution is 0.894. The van der Waals surface area contributed by atoms with Gasteiger partial charge in [0, 0.05) is 17.3 Å². The Kier molecular flexibility index (Phi) is 5.85. The molecule has 0 spiro atoms. The fourth-order valence-corrected chi connectivity index (χ4v) is 2.08. The minimum Gasteiger partial charge on any atom is -0.399 e. The van der Waals surface area contributed by atoms with Gasteiger partial charge in [-0.05, 0) is 31.2 Å². The van der Waals surface area contributed by atoms with Gasteiger partial charge in [-0.25, -0.2) is 4.68 Å². The van der Waals surface area contributed by atoms with Crippen LogP contribution in [-0.4, -0.2) is 9.78 Å². The summed E-state index contributed by atoms with van der Waals surface area (Å²) in [4.78, 5) is 0. The van der Waals surface area contributed by atoms with E-state index in [1.54, 1.807) is 4.68 Å². The second-order valence-electron chi connectivity index (χ2n) is 4.82. The minimum absolute atomic E-state index is 0. The molecule has 0 amide bonds. The Morgan fingerprint density at radius 1 is 0.864 bits per heavy atom. The number of halogens is 2. The summed E-state index contributed by atoms with van der Waals surface area (Å²) in [6.07, 6.45) is 0. The van der Waals surface area contributed by atoms with E-state index >= 15 is 0 Å². The first kappa shape index (κ1) is 17.9. The number of nitrogens with two attached hydrogens (primary N) is 2. The Morgan fingerprint density at radius 3 is 2.05 bits per heavy atom. The van der Waals surface area contributed by atoms with Crippen molar-refractivity contribution in [1.29, 1.82) is 0 Å². The molecular formula is C16H18Cl2N4. The van der Waals surface area contributed by atoms with Gasteiger partial charge < -0.3 is 11.5 Å². The van der Waals surface area contributed by atoms with Crippen LogP contribution < -0.4 is 11.5 Å². The topological polar surface area (TPSA) is 69.9 Å². The number of anilines is 2. The standard InChI is InChI=1S/C16H16N4.2ClH/c1-11-2-8-14(9-3-11)20-16(18)10-15(19-20)12-4-6-13(17)7-5-12;;/h2-10H,17-18H2,1H3;2*1H. The monoisotopic (exact) mass is 336 g/mol. The molecule has 3 aromatic rings. The molecule has 0 aliphatic carbocycles. The summed E-state index contributed by atoms with van der Waals surface area (Å²) >= 11 is 0. The first-order valence-corrected chi connectivity index (χ1v) is 6.42. The second kappa shape index (κ2) is 7.20. The molecule has 6 heteroatoms. The van der Waals surface area contributed by atoms with Crippen LogP contribution in [0.3, 0.4) is 0 Å². The summed E-state index contributed by atoms with van der Waals surface area (Å²) in [5.41, 5.74) is 16.5. The van der Waals surface area contributed by atoms with Gasteiger partial charge in [-0.1, -0.05) is 29.8 Å². The first-order valence-electron chi connectivity index (χ1n) is 6.42. The van der Waals surface area contributed by atoms with Gasteiger partial charge in [-0.15, -0.1) is 24.8 Å². The molecule has 4 N–H and O–H groups in total. The van der Waals surface area contributed by atoms with Crippen LogP contribution in [0.15, 0.2) is 54.6 Å². The molecule has 4 nitrogen and oxygen atoms in total. The summed E-state index contributed by atoms with van der Waals surface area (Å²) in [5.74, 6) is 0.612. The molecule has 116 valence electrons. The van der Waals surface area contributed by atoms with Crippen molar-refractivity contribution in [2.75, 3.05) is 11.5 Å². The minimum atomic E-state index is 0. The van der Waals surface area contributed by atoms with Crippen LogP contribution >= 0.6 is 24.8 Å². The van der Waals surface area contributed by atoms with Gasteiger partial charge in [0.1, 0.15) is 5.82 Å². The van der Waals surface area contributed by atoms with Crippen molar-refractivity contribution in [3.63, 3.8) is 0 Å². The van der Waals surface area contributed by atoms with Gasteiger partial charge >= 0.3 is 0 Å². The number of aryl methyl sites for hydroxylation is 1. The van der Waals surface area contributed by atoms with Crippen LogP contribution in [-0.2, 0) is 0 Å². The number of nitrogen functional groups attached to an aromatic ring is 2. The maximum absolute atomic E-state index is 6.05. The molecule has 2 aromatic carbocycles. The van der Waals surface area contributed by atoms with E-state index in [0.717, 1.165) is 22.6 Å². The molecule has 22 heavy (non-hydrogen) atoms. The molecule has 0 saturated carbocycles. The molecule has 1 heterocycles. The SMILES string of the molecule is Cc1ccc(-n2nc(-c3ccc(N)cc3)cc2N)cc1.Cl.Cl. The summed E-state index contributed by atoms with van der Waals surface area (Å²) in [5, 5.41) is 4.56. The maximum atomic E-state index is 6.05. The lowest BCUT2D eigenvalue weighted by Crippen LogP contribution is -2.01. The van der Waals surface area contributed by atoms with Crippen molar-refractivity contribution in [2.45, 2.75) is 6.92 Å². The van der Waals surface area contributed by atoms with Crippen molar-refractivity contribution >= 4 is 36.3 Å². The van der Waals surface area contributed by atoms with Crippen molar-refractivity contribution in [3.8, 4) is 16.9 Å². The fourth-order valence-electron chi connectivity index (χ4n) is 2.08. The zero-order valence-corrected chi connectivity index (χ0v) is 13.7. The molecule has 3 rings (SSSR count). The highest BCUT2D eigenvalue weighted by molar-refractivity contribution is 5.85. The first-order chi connectivity index (χ1) is 9.63. The Bertz CT molecular complexity index is 734. The molecule has 0 bridgehead atoms. The van der Waals surface area contributed by atoms with Crippen LogP contribution in [0.25, 0.3) is 16.9 Å². The van der Waals surface area contributed by atoms with Crippen molar-refractivity contribution in [1.82, 2.24) is 9.78 Å². The summed E-state index contributed by atoms with van der Waals surface area (Å²) in [6, 6.07) is 17.6. The van der Waals surface area contributed by atoms with Gasteiger partial charge in [0.15, 0.2) is 0 Å². The van der Waals surface area contributed by atoms with E-state index in [0.29, 0.717) is 5.82 Å². The van der Waals surface area contributed by atoms with E-state index in [2.05, 4.69) is 12.0 Å². The smallest absolute Gasteiger partial charge is 0.127 e. The highest BCUT2D eigenvalue weighted by atomic mass is 35.5. The van der Waals surface area contributed by atoms with Gasteiger partial charge in [-0.3, -0.25) is 0 Å². The molecule has 0 aliphatic rings. The van der Waals surface area contributed by atoms with E-state index < -0.39 is 0 Å². The largest absolute Gasteiger partial charge is 0.399 e. The van der Waals surface area contributed by atoms with Gasteiger partial charge in [-0.2, -0.15) is 5.10 Å². The van der Waals surface area contributed by atoms with Gasteiger partial charge in [0.05, 0.1) is 11.4 Å². The zero-order chi connectivity index (χ0) is 14.1. The second-order valence-corrected chi connectivity index (χ2v) is 4.82. The van der Waals surface area contributed by atoms with E-state index in [4.69, 9.17) is 11.5 Å². The lowest BCUT2D eigenvalue weighted by atomic mass is 10.1. The number of hydrogen-bond acceptors (Lipinski definition) is 3. The Morgan fingerprint density at radius 2 is 1.45 bits per heavy atom. The Balaban J connectivity index is 0.00000121. The van der Waals surface area contributed by atoms with Crippen LogP contribution in [0.2, 0.25) is 0 Å². The fraction of sp³-hybridized carbons (Fsp3) is 0.0625. The van der Waals surface area contributed by atoms with Crippen LogP contribution in [0.4, 0.5) is 11.5 Å². The normalized spacial score (nSPS) is 9.68. The van der Waals surface area contributed by atoms with Gasteiger partial charge in [0.25, 0.3) is 0 Å². The highest BCUT2D eigenvalue weighted by Gasteiger charge is 2.08. The molecule has 1 aromatic heterocycles. The molecular weight excluding hydrogens is 319 g/mol. The average Bonchev–Trinajstić information content (AvgIpc) is 2.82. The summed E-state index contributed by atoms with van der Waals surface area (Å²) in [7, 11) is 0.